The van der Waals surface area contributed by atoms with E-state index in [9.17, 15) is 4.79 Å². The SMILES string of the molecule is Cc1[nH]cnc1CN1CCN(c2cc(Cl)cc(Cl)c2)C1=O. The number of aromatic amines is 1. The van der Waals surface area contributed by atoms with E-state index >= 15 is 0 Å². The molecule has 1 fully saturated rings. The van der Waals surface area contributed by atoms with Gasteiger partial charge in [0.25, 0.3) is 0 Å². The molecule has 2 heterocycles. The fourth-order valence-electron chi connectivity index (χ4n) is 2.39. The number of hydrogen-bond donors (Lipinski definition) is 1. The molecule has 2 aromatic rings. The fraction of sp³-hybridized carbons (Fsp3) is 0.286. The summed E-state index contributed by atoms with van der Waals surface area (Å²) >= 11 is 12.0. The maximum Gasteiger partial charge on any atom is 0.324 e. The van der Waals surface area contributed by atoms with Crippen LogP contribution in [0, 0.1) is 6.92 Å². The first-order chi connectivity index (χ1) is 10.0. The summed E-state index contributed by atoms with van der Waals surface area (Å²) < 4.78 is 0. The van der Waals surface area contributed by atoms with Crippen molar-refractivity contribution in [3.05, 3.63) is 46.0 Å². The van der Waals surface area contributed by atoms with Gasteiger partial charge in [-0.3, -0.25) is 4.90 Å². The maximum absolute atomic E-state index is 12.5. The summed E-state index contributed by atoms with van der Waals surface area (Å²) in [5.74, 6) is 0. The van der Waals surface area contributed by atoms with Crippen molar-refractivity contribution in [3.63, 3.8) is 0 Å². The summed E-state index contributed by atoms with van der Waals surface area (Å²) in [4.78, 5) is 23.2. The zero-order valence-corrected chi connectivity index (χ0v) is 12.9. The second kappa shape index (κ2) is 5.58. The first-order valence-corrected chi connectivity index (χ1v) is 7.31. The Labute approximate surface area is 132 Å². The molecule has 1 saturated heterocycles. The Morgan fingerprint density at radius 1 is 1.24 bits per heavy atom. The van der Waals surface area contributed by atoms with Crippen molar-refractivity contribution >= 4 is 34.9 Å². The van der Waals surface area contributed by atoms with E-state index in [1.165, 1.54) is 0 Å². The zero-order chi connectivity index (χ0) is 15.0. The van der Waals surface area contributed by atoms with Crippen LogP contribution in [0.3, 0.4) is 0 Å². The highest BCUT2D eigenvalue weighted by Crippen LogP contribution is 2.28. The minimum absolute atomic E-state index is 0.0595. The Morgan fingerprint density at radius 2 is 1.95 bits per heavy atom. The fourth-order valence-corrected chi connectivity index (χ4v) is 2.91. The van der Waals surface area contributed by atoms with Gasteiger partial charge in [-0.05, 0) is 25.1 Å². The number of nitrogens with one attached hydrogen (secondary N) is 1. The van der Waals surface area contributed by atoms with Gasteiger partial charge in [0, 0.05) is 34.5 Å². The Bertz CT molecular complexity index is 665. The highest BCUT2D eigenvalue weighted by molar-refractivity contribution is 6.35. The molecule has 1 aliphatic heterocycles. The molecule has 0 atom stereocenters. The number of benzene rings is 1. The molecule has 0 aliphatic carbocycles. The third-order valence-electron chi connectivity index (χ3n) is 3.53. The molecule has 1 aromatic heterocycles. The Balaban J connectivity index is 1.78. The number of imidazole rings is 1. The quantitative estimate of drug-likeness (QED) is 0.939. The average Bonchev–Trinajstić information content (AvgIpc) is 2.97. The second-order valence-corrected chi connectivity index (χ2v) is 5.83. The van der Waals surface area contributed by atoms with Gasteiger partial charge in [-0.25, -0.2) is 9.78 Å². The predicted molar refractivity (Wildman–Crippen MR) is 82.9 cm³/mol. The van der Waals surface area contributed by atoms with Crippen LogP contribution < -0.4 is 4.90 Å². The van der Waals surface area contributed by atoms with Crippen LogP contribution in [-0.4, -0.2) is 34.0 Å². The lowest BCUT2D eigenvalue weighted by Gasteiger charge is -2.18. The number of urea groups is 1. The maximum atomic E-state index is 12.5. The van der Waals surface area contributed by atoms with Crippen LogP contribution in [0.4, 0.5) is 10.5 Å². The van der Waals surface area contributed by atoms with Gasteiger partial charge in [-0.15, -0.1) is 0 Å². The van der Waals surface area contributed by atoms with Crippen LogP contribution in [0.15, 0.2) is 24.5 Å². The number of anilines is 1. The van der Waals surface area contributed by atoms with E-state index in [2.05, 4.69) is 9.97 Å². The van der Waals surface area contributed by atoms with Gasteiger partial charge in [0.05, 0.1) is 18.6 Å². The van der Waals surface area contributed by atoms with Crippen molar-refractivity contribution in [1.82, 2.24) is 14.9 Å². The molecule has 0 saturated carbocycles. The van der Waals surface area contributed by atoms with Crippen molar-refractivity contribution in [2.75, 3.05) is 18.0 Å². The van der Waals surface area contributed by atoms with Crippen molar-refractivity contribution in [3.8, 4) is 0 Å². The summed E-state index contributed by atoms with van der Waals surface area (Å²) in [5, 5.41) is 1.04. The Kier molecular flexibility index (Phi) is 3.78. The summed E-state index contributed by atoms with van der Waals surface area (Å²) in [6, 6.07) is 5.08. The smallest absolute Gasteiger partial charge is 0.324 e. The number of aromatic nitrogens is 2. The van der Waals surface area contributed by atoms with Crippen LogP contribution in [0.2, 0.25) is 10.0 Å². The van der Waals surface area contributed by atoms with E-state index in [1.807, 2.05) is 6.92 Å². The molecule has 0 bridgehead atoms. The van der Waals surface area contributed by atoms with Crippen LogP contribution in [-0.2, 0) is 6.54 Å². The summed E-state index contributed by atoms with van der Waals surface area (Å²) in [6.07, 6.45) is 1.64. The summed E-state index contributed by atoms with van der Waals surface area (Å²) in [7, 11) is 0. The van der Waals surface area contributed by atoms with Gasteiger partial charge in [0.15, 0.2) is 0 Å². The first kappa shape index (κ1) is 14.2. The normalized spacial score (nSPS) is 15.1. The number of hydrogen-bond acceptors (Lipinski definition) is 2. The standard InChI is InChI=1S/C14H14Cl2N4O/c1-9-13(18-8-17-9)7-19-2-3-20(14(19)21)12-5-10(15)4-11(16)6-12/h4-6,8H,2-3,7H2,1H3,(H,17,18). The number of H-pyrrole nitrogens is 1. The number of amides is 2. The highest BCUT2D eigenvalue weighted by Gasteiger charge is 2.30. The number of rotatable bonds is 3. The molecule has 21 heavy (non-hydrogen) atoms. The average molecular weight is 325 g/mol. The zero-order valence-electron chi connectivity index (χ0n) is 11.4. The Hall–Kier alpha value is -1.72. The van der Waals surface area contributed by atoms with E-state index < -0.39 is 0 Å². The molecule has 1 N–H and O–H groups in total. The molecule has 3 rings (SSSR count). The van der Waals surface area contributed by atoms with Crippen LogP contribution in [0.25, 0.3) is 0 Å². The lowest BCUT2D eigenvalue weighted by atomic mass is 10.3. The molecule has 110 valence electrons. The Morgan fingerprint density at radius 3 is 2.57 bits per heavy atom. The minimum Gasteiger partial charge on any atom is -0.348 e. The number of nitrogens with zero attached hydrogens (tertiary/aromatic N) is 3. The van der Waals surface area contributed by atoms with Crippen molar-refractivity contribution in [2.45, 2.75) is 13.5 Å². The summed E-state index contributed by atoms with van der Waals surface area (Å²) in [6.45, 7) is 3.70. The lowest BCUT2D eigenvalue weighted by molar-refractivity contribution is 0.218. The van der Waals surface area contributed by atoms with Crippen molar-refractivity contribution in [2.24, 2.45) is 0 Å². The van der Waals surface area contributed by atoms with Crippen LogP contribution in [0.5, 0.6) is 0 Å². The van der Waals surface area contributed by atoms with Crippen LogP contribution in [0.1, 0.15) is 11.4 Å². The number of halogens is 2. The van der Waals surface area contributed by atoms with Gasteiger partial charge in [-0.2, -0.15) is 0 Å². The van der Waals surface area contributed by atoms with Crippen molar-refractivity contribution < 1.29 is 4.79 Å². The molecule has 2 amide bonds. The molecular formula is C14H14Cl2N4O. The van der Waals surface area contributed by atoms with Gasteiger partial charge < -0.3 is 9.88 Å². The van der Waals surface area contributed by atoms with Gasteiger partial charge in [0.1, 0.15) is 0 Å². The van der Waals surface area contributed by atoms with Gasteiger partial charge in [-0.1, -0.05) is 23.2 Å². The number of carbonyl (C=O) groups is 1. The summed E-state index contributed by atoms with van der Waals surface area (Å²) in [5.41, 5.74) is 2.58. The molecule has 5 nitrogen and oxygen atoms in total. The monoisotopic (exact) mass is 324 g/mol. The largest absolute Gasteiger partial charge is 0.348 e. The van der Waals surface area contributed by atoms with E-state index in [1.54, 1.807) is 34.3 Å². The molecule has 0 spiro atoms. The van der Waals surface area contributed by atoms with Gasteiger partial charge >= 0.3 is 6.03 Å². The topological polar surface area (TPSA) is 52.2 Å². The predicted octanol–water partition coefficient (Wildman–Crippen LogP) is 3.47. The molecule has 0 radical (unpaired) electrons. The van der Waals surface area contributed by atoms with E-state index in [-0.39, 0.29) is 6.03 Å². The number of carbonyl (C=O) groups excluding carboxylic acids is 1. The lowest BCUT2D eigenvalue weighted by Crippen LogP contribution is -2.31. The highest BCUT2D eigenvalue weighted by atomic mass is 35.5. The third-order valence-corrected chi connectivity index (χ3v) is 3.97. The van der Waals surface area contributed by atoms with E-state index in [4.69, 9.17) is 23.2 Å². The molecular weight excluding hydrogens is 311 g/mol. The van der Waals surface area contributed by atoms with E-state index in [0.29, 0.717) is 29.7 Å². The van der Waals surface area contributed by atoms with Gasteiger partial charge in [0.2, 0.25) is 0 Å². The second-order valence-electron chi connectivity index (χ2n) is 4.96. The first-order valence-electron chi connectivity index (χ1n) is 6.56. The molecule has 1 aromatic carbocycles. The minimum atomic E-state index is -0.0595. The molecule has 1 aliphatic rings. The molecule has 0 unspecified atom stereocenters. The number of aryl methyl sites for hydroxylation is 1. The third kappa shape index (κ3) is 2.84. The molecule has 7 heteroatoms. The van der Waals surface area contributed by atoms with E-state index in [0.717, 1.165) is 17.1 Å². The van der Waals surface area contributed by atoms with Crippen molar-refractivity contribution in [1.29, 1.82) is 0 Å². The van der Waals surface area contributed by atoms with Crippen LogP contribution >= 0.6 is 23.2 Å².